The van der Waals surface area contributed by atoms with Crippen LogP contribution in [0.15, 0.2) is 70.7 Å². The molecule has 0 spiro atoms. The van der Waals surface area contributed by atoms with E-state index in [4.69, 9.17) is 42.9 Å². The average Bonchev–Trinajstić information content (AvgIpc) is 3.47. The van der Waals surface area contributed by atoms with Gasteiger partial charge in [-0.15, -0.1) is 0 Å². The Morgan fingerprint density at radius 1 is 1.00 bits per heavy atom. The summed E-state index contributed by atoms with van der Waals surface area (Å²) in [5.41, 5.74) is 8.66. The molecule has 3 aromatic carbocycles. The second-order valence-electron chi connectivity index (χ2n) is 9.68. The molecule has 2 atom stereocenters. The number of esters is 1. The highest BCUT2D eigenvalue weighted by Crippen LogP contribution is 2.36. The minimum atomic E-state index is -4.64. The number of nitrogens with zero attached hydrogens (tertiary/aromatic N) is 5. The number of ketones is 1. The number of carbonyl (C=O) groups is 3. The number of halogens is 2. The summed E-state index contributed by atoms with van der Waals surface area (Å²) in [6, 6.07) is 12.1. The number of azide groups is 1. The predicted octanol–water partition coefficient (Wildman–Crippen LogP) is 4.89. The van der Waals surface area contributed by atoms with E-state index in [-0.39, 0.29) is 56.2 Å². The van der Waals surface area contributed by atoms with Crippen molar-refractivity contribution in [2.45, 2.75) is 23.4 Å². The minimum absolute atomic E-state index is 0.0257. The van der Waals surface area contributed by atoms with Crippen molar-refractivity contribution in [1.82, 2.24) is 4.90 Å². The first-order valence-electron chi connectivity index (χ1n) is 13.2. The van der Waals surface area contributed by atoms with Crippen LogP contribution in [-0.2, 0) is 24.3 Å². The van der Waals surface area contributed by atoms with Crippen LogP contribution in [0.25, 0.3) is 10.4 Å². The number of methoxy groups -OCH3 is 3. The monoisotopic (exact) mass is 675 g/mol. The Morgan fingerprint density at radius 2 is 1.71 bits per heavy atom. The second-order valence-corrected chi connectivity index (χ2v) is 12.4. The molecule has 1 aliphatic heterocycles. The first kappa shape index (κ1) is 33.4. The summed E-state index contributed by atoms with van der Waals surface area (Å²) in [6.45, 7) is -1.03. The molecule has 1 aliphatic rings. The number of rotatable bonds is 11. The molecule has 0 N–H and O–H groups in total. The first-order valence-corrected chi connectivity index (χ1v) is 15.4. The molecule has 3 aromatic rings. The van der Waals surface area contributed by atoms with E-state index in [9.17, 15) is 22.8 Å². The van der Waals surface area contributed by atoms with Gasteiger partial charge in [0.15, 0.2) is 17.3 Å². The molecular weight excluding hydrogens is 649 g/mol. The number of hydrogen-bond acceptors (Lipinski definition) is 9. The number of hydrogen-bond donors (Lipinski definition) is 0. The zero-order valence-electron chi connectivity index (χ0n) is 24.2. The van der Waals surface area contributed by atoms with Gasteiger partial charge in [-0.1, -0.05) is 40.4 Å². The molecule has 16 heteroatoms. The number of benzene rings is 3. The summed E-state index contributed by atoms with van der Waals surface area (Å²) in [4.78, 5) is 43.8. The largest absolute Gasteiger partial charge is 0.493 e. The highest BCUT2D eigenvalue weighted by Gasteiger charge is 2.42. The van der Waals surface area contributed by atoms with Crippen molar-refractivity contribution in [3.05, 3.63) is 92.3 Å². The third kappa shape index (κ3) is 6.94. The van der Waals surface area contributed by atoms with E-state index in [0.717, 1.165) is 16.3 Å². The molecule has 0 radical (unpaired) electrons. The van der Waals surface area contributed by atoms with Gasteiger partial charge in [0.2, 0.25) is 5.91 Å². The molecule has 0 saturated carbocycles. The zero-order valence-corrected chi connectivity index (χ0v) is 26.5. The maximum atomic E-state index is 14.4. The Morgan fingerprint density at radius 3 is 2.36 bits per heavy atom. The van der Waals surface area contributed by atoms with Crippen molar-refractivity contribution in [2.24, 2.45) is 5.11 Å². The van der Waals surface area contributed by atoms with E-state index in [0.29, 0.717) is 0 Å². The lowest BCUT2D eigenvalue weighted by molar-refractivity contribution is -0.150. The van der Waals surface area contributed by atoms with E-state index in [1.807, 2.05) is 0 Å². The first-order chi connectivity index (χ1) is 21.5. The number of amides is 1. The van der Waals surface area contributed by atoms with Crippen LogP contribution in [0.1, 0.15) is 22.3 Å². The number of carbonyl (C=O) groups excluding carboxylic acids is 3. The van der Waals surface area contributed by atoms with Gasteiger partial charge in [0.05, 0.1) is 43.0 Å². The molecule has 4 rings (SSSR count). The minimum Gasteiger partial charge on any atom is -0.493 e. The van der Waals surface area contributed by atoms with E-state index in [2.05, 4.69) is 10.0 Å². The fourth-order valence-electron chi connectivity index (χ4n) is 4.92. The zero-order chi connectivity index (χ0) is 32.9. The molecule has 0 aliphatic carbocycles. The Hall–Kier alpha value is -4.49. The van der Waals surface area contributed by atoms with Crippen molar-refractivity contribution in [2.75, 3.05) is 38.7 Å². The van der Waals surface area contributed by atoms with Crippen LogP contribution in [0.2, 0.25) is 10.0 Å². The molecule has 13 nitrogen and oxygen atoms in total. The summed E-state index contributed by atoms with van der Waals surface area (Å²) in [7, 11) is -0.789. The summed E-state index contributed by atoms with van der Waals surface area (Å²) in [5.74, 6) is -1.90. The van der Waals surface area contributed by atoms with E-state index in [1.165, 1.54) is 62.8 Å². The van der Waals surface area contributed by atoms with Crippen molar-refractivity contribution < 1.29 is 37.0 Å². The van der Waals surface area contributed by atoms with E-state index >= 15 is 0 Å². The normalized spacial score (nSPS) is 16.0. The third-order valence-electron chi connectivity index (χ3n) is 7.10. The van der Waals surface area contributed by atoms with Gasteiger partial charge in [-0.25, -0.2) is 13.2 Å². The molecule has 45 heavy (non-hydrogen) atoms. The Kier molecular flexibility index (Phi) is 10.5. The van der Waals surface area contributed by atoms with Gasteiger partial charge in [-0.05, 0) is 54.4 Å². The molecule has 1 saturated heterocycles. The summed E-state index contributed by atoms with van der Waals surface area (Å²) < 4.78 is 44.9. The number of ether oxygens (including phenoxy) is 3. The molecule has 236 valence electrons. The molecule has 1 heterocycles. The Bertz CT molecular complexity index is 1800. The third-order valence-corrected chi connectivity index (χ3v) is 9.42. The van der Waals surface area contributed by atoms with Gasteiger partial charge in [-0.3, -0.25) is 13.9 Å². The van der Waals surface area contributed by atoms with E-state index < -0.39 is 46.3 Å². The molecule has 0 bridgehead atoms. The van der Waals surface area contributed by atoms with Crippen molar-refractivity contribution >= 4 is 56.6 Å². The van der Waals surface area contributed by atoms with Gasteiger partial charge in [0, 0.05) is 33.7 Å². The van der Waals surface area contributed by atoms with Crippen molar-refractivity contribution in [3.8, 4) is 11.5 Å². The van der Waals surface area contributed by atoms with E-state index in [1.54, 1.807) is 12.1 Å². The van der Waals surface area contributed by atoms with Crippen LogP contribution < -0.4 is 13.8 Å². The second kappa shape index (κ2) is 14.1. The lowest BCUT2D eigenvalue weighted by Gasteiger charge is -2.30. The predicted molar refractivity (Wildman–Crippen MR) is 165 cm³/mol. The average molecular weight is 677 g/mol. The fraction of sp³-hybridized carbons (Fsp3) is 0.276. The van der Waals surface area contributed by atoms with Crippen LogP contribution >= 0.6 is 23.2 Å². The van der Waals surface area contributed by atoms with Gasteiger partial charge in [0.1, 0.15) is 12.6 Å². The summed E-state index contributed by atoms with van der Waals surface area (Å²) in [6.07, 6.45) is -0.0257. The standard InChI is InChI=1S/C29H27Cl2N5O8S/c1-42-25-11-9-19(14-26(25)43-2)45(40,41)36(16-27(37)35-15-18(33-34-32)13-24(35)29(39)44-3)23-10-8-17(30)12-21(23)28(38)20-6-4-5-7-22(20)31/h4-12,14,18,24H,13,15-16H2,1-3H3/t18-,24-/m0/s1. The highest BCUT2D eigenvalue weighted by atomic mass is 35.5. The Balaban J connectivity index is 1.89. The molecular formula is C29H27Cl2N5O8S. The smallest absolute Gasteiger partial charge is 0.328 e. The lowest BCUT2D eigenvalue weighted by Crippen LogP contribution is -2.47. The fourth-order valence-corrected chi connectivity index (χ4v) is 6.76. The van der Waals surface area contributed by atoms with Crippen LogP contribution in [0.5, 0.6) is 11.5 Å². The maximum absolute atomic E-state index is 14.4. The quantitative estimate of drug-likeness (QED) is 0.0910. The topological polar surface area (TPSA) is 168 Å². The number of anilines is 1. The van der Waals surface area contributed by atoms with Crippen LogP contribution in [0.4, 0.5) is 5.69 Å². The van der Waals surface area contributed by atoms with Crippen LogP contribution in [-0.4, -0.2) is 77.5 Å². The number of sulfonamides is 1. The SMILES string of the molecule is COC(=O)[C@@H]1C[C@H](N=[N+]=[N-])CN1C(=O)CN(c1ccc(Cl)cc1C(=O)c1ccccc1Cl)S(=O)(=O)c1ccc(OC)c(OC)c1. The van der Waals surface area contributed by atoms with Gasteiger partial charge >= 0.3 is 5.97 Å². The molecule has 0 unspecified atom stereocenters. The maximum Gasteiger partial charge on any atom is 0.328 e. The van der Waals surface area contributed by atoms with Crippen molar-refractivity contribution in [1.29, 1.82) is 0 Å². The van der Waals surface area contributed by atoms with Gasteiger partial charge in [0.25, 0.3) is 10.0 Å². The van der Waals surface area contributed by atoms with Crippen LogP contribution in [0, 0.1) is 0 Å². The summed E-state index contributed by atoms with van der Waals surface area (Å²) >= 11 is 12.6. The molecule has 1 fully saturated rings. The highest BCUT2D eigenvalue weighted by molar-refractivity contribution is 7.92. The Labute approximate surface area is 268 Å². The molecule has 1 amide bonds. The van der Waals surface area contributed by atoms with Crippen LogP contribution in [0.3, 0.4) is 0 Å². The van der Waals surface area contributed by atoms with Gasteiger partial charge < -0.3 is 19.1 Å². The molecule has 0 aromatic heterocycles. The van der Waals surface area contributed by atoms with Gasteiger partial charge in [-0.2, -0.15) is 0 Å². The summed E-state index contributed by atoms with van der Waals surface area (Å²) in [5, 5.41) is 3.86. The van der Waals surface area contributed by atoms with Crippen molar-refractivity contribution in [3.63, 3.8) is 0 Å². The number of likely N-dealkylation sites (tertiary alicyclic amines) is 1. The lowest BCUT2D eigenvalue weighted by atomic mass is 10.0.